The normalized spacial score (nSPS) is 19.7. The van der Waals surface area contributed by atoms with Crippen LogP contribution in [0.1, 0.15) is 53.4 Å². The van der Waals surface area contributed by atoms with E-state index in [-0.39, 0.29) is 11.8 Å². The fourth-order valence-corrected chi connectivity index (χ4v) is 2.81. The minimum atomic E-state index is -1.10. The maximum absolute atomic E-state index is 12.4. The smallest absolute Gasteiger partial charge is 0.245 e. The molecule has 0 radical (unpaired) electrons. The Balaban J connectivity index is 2.77. The molecule has 0 aliphatic heterocycles. The Hall–Kier alpha value is -1.63. The van der Waals surface area contributed by atoms with Crippen molar-refractivity contribution in [1.82, 2.24) is 10.6 Å². The number of aliphatic hydroxyl groups is 1. The highest BCUT2D eigenvalue weighted by Crippen LogP contribution is 2.25. The molecular weight excluding hydrogens is 298 g/mol. The van der Waals surface area contributed by atoms with Gasteiger partial charge in [-0.1, -0.05) is 33.6 Å². The summed E-state index contributed by atoms with van der Waals surface area (Å²) >= 11 is 0. The van der Waals surface area contributed by atoms with E-state index in [1.807, 2.05) is 0 Å². The van der Waals surface area contributed by atoms with E-state index in [1.54, 1.807) is 20.8 Å². The summed E-state index contributed by atoms with van der Waals surface area (Å²) in [5, 5.41) is 15.0. The van der Waals surface area contributed by atoms with Crippen LogP contribution >= 0.6 is 0 Å². The van der Waals surface area contributed by atoms with Gasteiger partial charge in [0.2, 0.25) is 17.7 Å². The van der Waals surface area contributed by atoms with Crippen molar-refractivity contribution in [2.45, 2.75) is 71.6 Å². The molecule has 0 bridgehead atoms. The van der Waals surface area contributed by atoms with Gasteiger partial charge in [-0.2, -0.15) is 0 Å². The largest absolute Gasteiger partial charge is 0.391 e. The van der Waals surface area contributed by atoms with E-state index in [1.165, 1.54) is 6.92 Å². The summed E-state index contributed by atoms with van der Waals surface area (Å²) in [7, 11) is 0. The number of primary amides is 1. The molecule has 0 saturated heterocycles. The van der Waals surface area contributed by atoms with Crippen LogP contribution in [0.4, 0.5) is 0 Å². The van der Waals surface area contributed by atoms with Crippen molar-refractivity contribution >= 4 is 17.7 Å². The van der Waals surface area contributed by atoms with Gasteiger partial charge < -0.3 is 21.5 Å². The van der Waals surface area contributed by atoms with E-state index in [2.05, 4.69) is 10.6 Å². The number of nitrogens with one attached hydrogen (secondary N) is 2. The molecule has 1 fully saturated rings. The van der Waals surface area contributed by atoms with E-state index in [0.717, 1.165) is 25.7 Å². The van der Waals surface area contributed by atoms with Crippen LogP contribution in [0.25, 0.3) is 0 Å². The molecule has 0 aromatic rings. The fourth-order valence-electron chi connectivity index (χ4n) is 2.81. The first-order chi connectivity index (χ1) is 10.5. The molecule has 0 aromatic carbocycles. The minimum absolute atomic E-state index is 0.112. The molecule has 1 saturated carbocycles. The number of hydrogen-bond acceptors (Lipinski definition) is 4. The molecular formula is C16H29N3O4. The molecule has 0 unspecified atom stereocenters. The zero-order valence-corrected chi connectivity index (χ0v) is 14.4. The molecule has 5 N–H and O–H groups in total. The minimum Gasteiger partial charge on any atom is -0.391 e. The van der Waals surface area contributed by atoms with Crippen LogP contribution in [0.5, 0.6) is 0 Å². The highest BCUT2D eigenvalue weighted by molar-refractivity contribution is 5.92. The van der Waals surface area contributed by atoms with Crippen molar-refractivity contribution in [3.05, 3.63) is 0 Å². The van der Waals surface area contributed by atoms with Gasteiger partial charge >= 0.3 is 0 Å². The van der Waals surface area contributed by atoms with Gasteiger partial charge in [-0.25, -0.2) is 0 Å². The molecule has 1 aliphatic rings. The standard InChI is InChI=1S/C16H29N3O4/c1-9(20)11(18-14(22)10-7-5-6-8-10)15(23)19-12(13(17)21)16(2,3)4/h9-12,20H,5-8H2,1-4H3,(H2,17,21)(H,18,22)(H,19,23)/t9-,11+,12-/m1/s1. The maximum Gasteiger partial charge on any atom is 0.245 e. The Morgan fingerprint density at radius 2 is 1.65 bits per heavy atom. The van der Waals surface area contributed by atoms with Crippen molar-refractivity contribution in [3.8, 4) is 0 Å². The van der Waals surface area contributed by atoms with Crippen molar-refractivity contribution in [2.24, 2.45) is 17.1 Å². The Bertz CT molecular complexity index is 451. The number of nitrogens with two attached hydrogens (primary N) is 1. The van der Waals surface area contributed by atoms with Crippen molar-refractivity contribution < 1.29 is 19.5 Å². The number of amides is 3. The second kappa shape index (κ2) is 7.77. The second-order valence-corrected chi connectivity index (χ2v) is 7.42. The molecule has 3 amide bonds. The zero-order chi connectivity index (χ0) is 17.8. The SMILES string of the molecule is C[C@@H](O)[C@H](NC(=O)C1CCCC1)C(=O)N[C@H](C(N)=O)C(C)(C)C. The first kappa shape index (κ1) is 19.4. The highest BCUT2D eigenvalue weighted by atomic mass is 16.3. The lowest BCUT2D eigenvalue weighted by Gasteiger charge is -2.31. The molecule has 0 heterocycles. The fraction of sp³-hybridized carbons (Fsp3) is 0.812. The Morgan fingerprint density at radius 1 is 1.13 bits per heavy atom. The summed E-state index contributed by atoms with van der Waals surface area (Å²) in [5.41, 5.74) is 4.78. The van der Waals surface area contributed by atoms with Gasteiger partial charge in [0.15, 0.2) is 0 Å². The van der Waals surface area contributed by atoms with Gasteiger partial charge in [0, 0.05) is 5.92 Å². The Kier molecular flexibility index (Phi) is 6.56. The van der Waals surface area contributed by atoms with Gasteiger partial charge in [0.05, 0.1) is 6.10 Å². The molecule has 1 aliphatic carbocycles. The Labute approximate surface area is 137 Å². The average molecular weight is 327 g/mol. The van der Waals surface area contributed by atoms with Gasteiger partial charge in [-0.15, -0.1) is 0 Å². The summed E-state index contributed by atoms with van der Waals surface area (Å²) in [4.78, 5) is 36.2. The highest BCUT2D eigenvalue weighted by Gasteiger charge is 2.35. The first-order valence-corrected chi connectivity index (χ1v) is 8.12. The molecule has 23 heavy (non-hydrogen) atoms. The second-order valence-electron chi connectivity index (χ2n) is 7.42. The topological polar surface area (TPSA) is 122 Å². The summed E-state index contributed by atoms with van der Waals surface area (Å²) in [6.07, 6.45) is 2.51. The van der Waals surface area contributed by atoms with Gasteiger partial charge in [-0.3, -0.25) is 14.4 Å². The molecule has 0 aromatic heterocycles. The molecule has 3 atom stereocenters. The van der Waals surface area contributed by atoms with Crippen LogP contribution in [-0.2, 0) is 14.4 Å². The third-order valence-electron chi connectivity index (χ3n) is 4.23. The number of hydrogen-bond donors (Lipinski definition) is 4. The maximum atomic E-state index is 12.4. The number of carbonyl (C=O) groups is 3. The van der Waals surface area contributed by atoms with Gasteiger partial charge in [0.25, 0.3) is 0 Å². The predicted molar refractivity (Wildman–Crippen MR) is 86.1 cm³/mol. The molecule has 0 spiro atoms. The Morgan fingerprint density at radius 3 is 2.04 bits per heavy atom. The van der Waals surface area contributed by atoms with Crippen LogP contribution in [-0.4, -0.2) is 41.0 Å². The molecule has 7 heteroatoms. The monoisotopic (exact) mass is 327 g/mol. The van der Waals surface area contributed by atoms with Gasteiger partial charge in [-0.05, 0) is 25.2 Å². The zero-order valence-electron chi connectivity index (χ0n) is 14.4. The van der Waals surface area contributed by atoms with Crippen LogP contribution in [0.2, 0.25) is 0 Å². The molecule has 132 valence electrons. The third-order valence-corrected chi connectivity index (χ3v) is 4.23. The van der Waals surface area contributed by atoms with Crippen LogP contribution in [0.3, 0.4) is 0 Å². The first-order valence-electron chi connectivity index (χ1n) is 8.12. The summed E-state index contributed by atoms with van der Waals surface area (Å²) in [5.74, 6) is -1.60. The summed E-state index contributed by atoms with van der Waals surface area (Å²) in [6, 6.07) is -1.99. The summed E-state index contributed by atoms with van der Waals surface area (Å²) < 4.78 is 0. The number of rotatable bonds is 6. The van der Waals surface area contributed by atoms with Gasteiger partial charge in [0.1, 0.15) is 12.1 Å². The van der Waals surface area contributed by atoms with Crippen molar-refractivity contribution in [1.29, 1.82) is 0 Å². The van der Waals surface area contributed by atoms with Crippen LogP contribution in [0.15, 0.2) is 0 Å². The average Bonchev–Trinajstić information content (AvgIpc) is 2.93. The van der Waals surface area contributed by atoms with Crippen molar-refractivity contribution in [2.75, 3.05) is 0 Å². The quantitative estimate of drug-likeness (QED) is 0.551. The van der Waals surface area contributed by atoms with E-state index in [0.29, 0.717) is 0 Å². The summed E-state index contributed by atoms with van der Waals surface area (Å²) in [6.45, 7) is 6.75. The van der Waals surface area contributed by atoms with E-state index in [4.69, 9.17) is 5.73 Å². The number of carbonyl (C=O) groups excluding carboxylic acids is 3. The van der Waals surface area contributed by atoms with E-state index < -0.39 is 35.4 Å². The molecule has 1 rings (SSSR count). The van der Waals surface area contributed by atoms with Crippen LogP contribution < -0.4 is 16.4 Å². The van der Waals surface area contributed by atoms with E-state index in [9.17, 15) is 19.5 Å². The number of aliphatic hydroxyl groups excluding tert-OH is 1. The predicted octanol–water partition coefficient (Wildman–Crippen LogP) is 0.0584. The lowest BCUT2D eigenvalue weighted by molar-refractivity contribution is -0.136. The van der Waals surface area contributed by atoms with Crippen LogP contribution in [0, 0.1) is 11.3 Å². The lowest BCUT2D eigenvalue weighted by Crippen LogP contribution is -2.60. The third kappa shape index (κ3) is 5.49. The van der Waals surface area contributed by atoms with E-state index >= 15 is 0 Å². The molecule has 7 nitrogen and oxygen atoms in total. The lowest BCUT2D eigenvalue weighted by atomic mass is 9.86. The van der Waals surface area contributed by atoms with Crippen molar-refractivity contribution in [3.63, 3.8) is 0 Å².